The lowest BCUT2D eigenvalue weighted by atomic mass is 10.2. The summed E-state index contributed by atoms with van der Waals surface area (Å²) >= 11 is 1.46. The summed E-state index contributed by atoms with van der Waals surface area (Å²) in [6.45, 7) is 2.29. The highest BCUT2D eigenvalue weighted by molar-refractivity contribution is 7.15. The molecule has 1 aromatic carbocycles. The Bertz CT molecular complexity index is 1270. The first kappa shape index (κ1) is 16.7. The van der Waals surface area contributed by atoms with E-state index in [4.69, 9.17) is 10.3 Å². The molecule has 0 amide bonds. The summed E-state index contributed by atoms with van der Waals surface area (Å²) in [6, 6.07) is 11.7. The van der Waals surface area contributed by atoms with Crippen molar-refractivity contribution in [2.45, 2.75) is 13.5 Å². The van der Waals surface area contributed by atoms with E-state index in [1.807, 2.05) is 47.9 Å². The Kier molecular flexibility index (Phi) is 3.96. The van der Waals surface area contributed by atoms with E-state index in [0.717, 1.165) is 38.0 Å². The number of aryl methyl sites for hydroxylation is 1. The molecule has 0 aliphatic rings. The van der Waals surface area contributed by atoms with E-state index in [9.17, 15) is 0 Å². The number of para-hydroxylation sites is 2. The Morgan fingerprint density at radius 1 is 1.11 bits per heavy atom. The zero-order valence-electron chi connectivity index (χ0n) is 14.9. The first-order valence-corrected chi connectivity index (χ1v) is 9.44. The maximum absolute atomic E-state index is 5.66. The average molecular weight is 389 g/mol. The van der Waals surface area contributed by atoms with Crippen molar-refractivity contribution in [1.29, 1.82) is 0 Å². The molecular weight excluding hydrogens is 374 g/mol. The third kappa shape index (κ3) is 2.77. The molecule has 0 bridgehead atoms. The number of thiazole rings is 1. The zero-order chi connectivity index (χ0) is 19.1. The van der Waals surface area contributed by atoms with Crippen molar-refractivity contribution in [1.82, 2.24) is 29.7 Å². The monoisotopic (exact) mass is 389 g/mol. The highest BCUT2D eigenvalue weighted by atomic mass is 32.1. The second-order valence-electron chi connectivity index (χ2n) is 6.16. The molecular formula is C19H15N7OS. The lowest BCUT2D eigenvalue weighted by molar-refractivity contribution is 0.433. The van der Waals surface area contributed by atoms with Gasteiger partial charge in [0.25, 0.3) is 5.89 Å². The maximum atomic E-state index is 5.66. The largest absolute Gasteiger partial charge is 0.333 e. The smallest absolute Gasteiger partial charge is 0.270 e. The van der Waals surface area contributed by atoms with Gasteiger partial charge in [-0.15, -0.1) is 11.3 Å². The molecule has 4 heterocycles. The molecule has 8 nitrogen and oxygen atoms in total. The number of aromatic nitrogens is 6. The second kappa shape index (κ2) is 6.63. The fraction of sp³-hybridized carbons (Fsp3) is 0.105. The minimum atomic E-state index is 0.390. The van der Waals surface area contributed by atoms with Crippen LogP contribution in [0.1, 0.15) is 10.7 Å². The Hall–Kier alpha value is -3.43. The third-order valence-electron chi connectivity index (χ3n) is 4.34. The fourth-order valence-electron chi connectivity index (χ4n) is 2.97. The molecule has 9 heteroatoms. The number of hydrogen-bond donors (Lipinski definition) is 1. The molecule has 0 aliphatic heterocycles. The van der Waals surface area contributed by atoms with E-state index in [0.29, 0.717) is 18.3 Å². The summed E-state index contributed by atoms with van der Waals surface area (Å²) in [5.74, 6) is 1.69. The first-order chi connectivity index (χ1) is 13.7. The van der Waals surface area contributed by atoms with Gasteiger partial charge in [0.1, 0.15) is 22.0 Å². The van der Waals surface area contributed by atoms with Crippen LogP contribution in [0.5, 0.6) is 0 Å². The van der Waals surface area contributed by atoms with Gasteiger partial charge in [0, 0.05) is 18.3 Å². The highest BCUT2D eigenvalue weighted by Gasteiger charge is 2.17. The van der Waals surface area contributed by atoms with Crippen LogP contribution in [0, 0.1) is 6.92 Å². The first-order valence-electron chi connectivity index (χ1n) is 8.62. The highest BCUT2D eigenvalue weighted by Crippen LogP contribution is 2.30. The van der Waals surface area contributed by atoms with Gasteiger partial charge in [-0.25, -0.2) is 15.0 Å². The molecule has 5 aromatic rings. The van der Waals surface area contributed by atoms with Crippen molar-refractivity contribution in [3.05, 3.63) is 59.6 Å². The number of fused-ring (bicyclic) bond motifs is 1. The van der Waals surface area contributed by atoms with Gasteiger partial charge >= 0.3 is 0 Å². The number of imidazole rings is 1. The zero-order valence-corrected chi connectivity index (χ0v) is 15.7. The van der Waals surface area contributed by atoms with Crippen LogP contribution in [-0.2, 0) is 6.54 Å². The number of benzene rings is 1. The maximum Gasteiger partial charge on any atom is 0.270 e. The molecule has 0 aliphatic carbocycles. The molecule has 0 radical (unpaired) electrons. The van der Waals surface area contributed by atoms with E-state index in [2.05, 4.69) is 25.1 Å². The number of pyridine rings is 1. The Morgan fingerprint density at radius 3 is 2.79 bits per heavy atom. The van der Waals surface area contributed by atoms with Crippen molar-refractivity contribution in [2.75, 3.05) is 0 Å². The average Bonchev–Trinajstić information content (AvgIpc) is 3.46. The summed E-state index contributed by atoms with van der Waals surface area (Å²) in [5, 5.41) is 4.92. The predicted molar refractivity (Wildman–Crippen MR) is 106 cm³/mol. The molecule has 28 heavy (non-hydrogen) atoms. The van der Waals surface area contributed by atoms with Crippen molar-refractivity contribution in [3.8, 4) is 28.0 Å². The van der Waals surface area contributed by atoms with Crippen LogP contribution < -0.4 is 5.73 Å². The lowest BCUT2D eigenvalue weighted by Crippen LogP contribution is -1.95. The van der Waals surface area contributed by atoms with E-state index in [1.54, 1.807) is 12.5 Å². The molecule has 4 aromatic heterocycles. The van der Waals surface area contributed by atoms with Crippen LogP contribution in [0.25, 0.3) is 39.0 Å². The number of nitrogens with zero attached hydrogens (tertiary/aromatic N) is 6. The summed E-state index contributed by atoms with van der Waals surface area (Å²) in [6.07, 6.45) is 3.49. The van der Waals surface area contributed by atoms with Crippen LogP contribution in [0.4, 0.5) is 0 Å². The van der Waals surface area contributed by atoms with Gasteiger partial charge in [0.15, 0.2) is 0 Å². The predicted octanol–water partition coefficient (Wildman–Crippen LogP) is 3.36. The minimum Gasteiger partial charge on any atom is -0.333 e. The number of nitrogens with two attached hydrogens (primary N) is 1. The van der Waals surface area contributed by atoms with Gasteiger partial charge in [0.2, 0.25) is 5.82 Å². The van der Waals surface area contributed by atoms with Gasteiger partial charge in [0.05, 0.1) is 16.7 Å². The molecule has 0 saturated carbocycles. The summed E-state index contributed by atoms with van der Waals surface area (Å²) < 4.78 is 7.37. The van der Waals surface area contributed by atoms with Crippen LogP contribution in [0.2, 0.25) is 0 Å². The number of hydrogen-bond acceptors (Lipinski definition) is 8. The summed E-state index contributed by atoms with van der Waals surface area (Å²) in [4.78, 5) is 18.7. The second-order valence-corrected chi connectivity index (χ2v) is 7.24. The Morgan fingerprint density at radius 2 is 2.00 bits per heavy atom. The molecule has 0 atom stereocenters. The Labute approximate surface area is 163 Å². The van der Waals surface area contributed by atoms with Gasteiger partial charge in [-0.05, 0) is 31.2 Å². The SMILES string of the molecule is Cc1nc(CN)sc1-c1nc(-c2ccc(-n3cnc4ccccc43)nc2)no1. The van der Waals surface area contributed by atoms with Crippen molar-refractivity contribution < 1.29 is 4.52 Å². The van der Waals surface area contributed by atoms with Crippen molar-refractivity contribution >= 4 is 22.4 Å². The van der Waals surface area contributed by atoms with Crippen LogP contribution in [0.3, 0.4) is 0 Å². The standard InChI is InChI=1S/C19H15N7OS/c1-11-17(28-16(8-20)23-11)19-24-18(25-27-19)12-6-7-15(21-9-12)26-10-22-13-4-2-3-5-14(13)26/h2-7,9-10H,8,20H2,1H3. The number of rotatable bonds is 4. The topological polar surface area (TPSA) is 109 Å². The van der Waals surface area contributed by atoms with Crippen LogP contribution >= 0.6 is 11.3 Å². The normalized spacial score (nSPS) is 11.4. The van der Waals surface area contributed by atoms with E-state index in [-0.39, 0.29) is 0 Å². The third-order valence-corrected chi connectivity index (χ3v) is 5.51. The fourth-order valence-corrected chi connectivity index (χ4v) is 3.84. The molecule has 0 unspecified atom stereocenters. The quantitative estimate of drug-likeness (QED) is 0.502. The molecule has 5 rings (SSSR count). The van der Waals surface area contributed by atoms with Crippen LogP contribution in [-0.4, -0.2) is 29.7 Å². The Balaban J connectivity index is 1.46. The molecule has 2 N–H and O–H groups in total. The van der Waals surface area contributed by atoms with Crippen molar-refractivity contribution in [3.63, 3.8) is 0 Å². The van der Waals surface area contributed by atoms with Crippen LogP contribution in [0.15, 0.2) is 53.4 Å². The van der Waals surface area contributed by atoms with E-state index >= 15 is 0 Å². The summed E-state index contributed by atoms with van der Waals surface area (Å²) in [5.41, 5.74) is 9.19. The van der Waals surface area contributed by atoms with E-state index < -0.39 is 0 Å². The molecule has 138 valence electrons. The minimum absolute atomic E-state index is 0.390. The summed E-state index contributed by atoms with van der Waals surface area (Å²) in [7, 11) is 0. The van der Waals surface area contributed by atoms with Gasteiger partial charge in [-0.2, -0.15) is 4.98 Å². The van der Waals surface area contributed by atoms with Gasteiger partial charge in [-0.3, -0.25) is 4.57 Å². The van der Waals surface area contributed by atoms with Gasteiger partial charge < -0.3 is 10.3 Å². The lowest BCUT2D eigenvalue weighted by Gasteiger charge is -2.03. The van der Waals surface area contributed by atoms with Gasteiger partial charge in [-0.1, -0.05) is 17.3 Å². The molecule has 0 saturated heterocycles. The van der Waals surface area contributed by atoms with E-state index in [1.165, 1.54) is 11.3 Å². The molecule has 0 fully saturated rings. The van der Waals surface area contributed by atoms with Crippen molar-refractivity contribution in [2.24, 2.45) is 5.73 Å². The molecule has 0 spiro atoms.